The van der Waals surface area contributed by atoms with Crippen LogP contribution >= 0.6 is 0 Å². The highest BCUT2D eigenvalue weighted by Gasteiger charge is 2.22. The molecule has 3 heteroatoms. The normalized spacial score (nSPS) is 24.4. The summed E-state index contributed by atoms with van der Waals surface area (Å²) in [6, 6.07) is 8.73. The molecule has 0 spiro atoms. The second-order valence-corrected chi connectivity index (χ2v) is 5.69. The van der Waals surface area contributed by atoms with Crippen LogP contribution in [0.5, 0.6) is 5.75 Å². The van der Waals surface area contributed by atoms with Gasteiger partial charge < -0.3 is 15.2 Å². The highest BCUT2D eigenvalue weighted by Crippen LogP contribution is 2.24. The van der Waals surface area contributed by atoms with E-state index in [4.69, 9.17) is 4.74 Å². The maximum atomic E-state index is 9.51. The van der Waals surface area contributed by atoms with Gasteiger partial charge in [-0.05, 0) is 62.8 Å². The predicted molar refractivity (Wildman–Crippen MR) is 77.5 cm³/mol. The van der Waals surface area contributed by atoms with Crippen LogP contribution in [0.1, 0.15) is 31.7 Å². The lowest BCUT2D eigenvalue weighted by Crippen LogP contribution is -2.32. The number of aliphatic hydroxyl groups is 1. The lowest BCUT2D eigenvalue weighted by Gasteiger charge is -2.17. The zero-order valence-electron chi connectivity index (χ0n) is 11.9. The number of hydrogen-bond acceptors (Lipinski definition) is 3. The van der Waals surface area contributed by atoms with E-state index in [1.807, 2.05) is 12.1 Å². The Labute approximate surface area is 116 Å². The fraction of sp³-hybridized carbons (Fsp3) is 0.625. The Bertz CT molecular complexity index is 377. The molecule has 19 heavy (non-hydrogen) atoms. The molecule has 2 N–H and O–H groups in total. The fourth-order valence-electron chi connectivity index (χ4n) is 2.79. The van der Waals surface area contributed by atoms with E-state index in [0.29, 0.717) is 12.0 Å². The first-order valence-electron chi connectivity index (χ1n) is 7.21. The van der Waals surface area contributed by atoms with Crippen molar-refractivity contribution < 1.29 is 9.84 Å². The molecule has 106 valence electrons. The summed E-state index contributed by atoms with van der Waals surface area (Å²) >= 11 is 0. The molecule has 0 saturated heterocycles. The molecule has 2 rings (SSSR count). The Hall–Kier alpha value is -1.06. The van der Waals surface area contributed by atoms with Crippen molar-refractivity contribution in [3.63, 3.8) is 0 Å². The molecule has 0 aliphatic heterocycles. The van der Waals surface area contributed by atoms with Crippen molar-refractivity contribution in [2.24, 2.45) is 5.92 Å². The van der Waals surface area contributed by atoms with Crippen LogP contribution in [-0.2, 0) is 6.42 Å². The molecular weight excluding hydrogens is 238 g/mol. The summed E-state index contributed by atoms with van der Waals surface area (Å²) in [7, 11) is 1.69. The van der Waals surface area contributed by atoms with Crippen LogP contribution in [0.25, 0.3) is 0 Å². The number of ether oxygens (including phenoxy) is 1. The van der Waals surface area contributed by atoms with Gasteiger partial charge in [-0.25, -0.2) is 0 Å². The summed E-state index contributed by atoms with van der Waals surface area (Å²) in [4.78, 5) is 0. The molecule has 0 aromatic heterocycles. The van der Waals surface area contributed by atoms with Crippen LogP contribution in [-0.4, -0.2) is 30.9 Å². The maximum Gasteiger partial charge on any atom is 0.118 e. The molecule has 0 heterocycles. The Kier molecular flexibility index (Phi) is 5.23. The highest BCUT2D eigenvalue weighted by atomic mass is 16.5. The number of benzene rings is 1. The molecule has 0 amide bonds. The predicted octanol–water partition coefficient (Wildman–Crippen LogP) is 2.38. The number of hydrogen-bond donors (Lipinski definition) is 2. The standard InChI is InChI=1S/C16H25NO2/c1-12(17-11-14-3-6-15(18)10-14)9-13-4-7-16(19-2)8-5-13/h4-5,7-8,12,14-15,17-18H,3,6,9-11H2,1-2H3. The fourth-order valence-corrected chi connectivity index (χ4v) is 2.79. The molecule has 1 aromatic carbocycles. The van der Waals surface area contributed by atoms with E-state index in [9.17, 15) is 5.11 Å². The first-order chi connectivity index (χ1) is 9.17. The third kappa shape index (κ3) is 4.51. The van der Waals surface area contributed by atoms with Crippen molar-refractivity contribution in [1.29, 1.82) is 0 Å². The van der Waals surface area contributed by atoms with E-state index in [1.165, 1.54) is 5.56 Å². The topological polar surface area (TPSA) is 41.5 Å². The SMILES string of the molecule is COc1ccc(CC(C)NCC2CCC(O)C2)cc1. The zero-order valence-corrected chi connectivity index (χ0v) is 11.9. The third-order valence-corrected chi connectivity index (χ3v) is 3.97. The first-order valence-corrected chi connectivity index (χ1v) is 7.21. The Morgan fingerprint density at radius 2 is 2.05 bits per heavy atom. The molecule has 3 unspecified atom stereocenters. The number of methoxy groups -OCH3 is 1. The molecule has 3 nitrogen and oxygen atoms in total. The van der Waals surface area contributed by atoms with Crippen molar-refractivity contribution in [3.05, 3.63) is 29.8 Å². The van der Waals surface area contributed by atoms with Gasteiger partial charge in [-0.1, -0.05) is 12.1 Å². The van der Waals surface area contributed by atoms with Gasteiger partial charge in [-0.15, -0.1) is 0 Å². The Morgan fingerprint density at radius 3 is 2.63 bits per heavy atom. The van der Waals surface area contributed by atoms with Crippen LogP contribution in [0.2, 0.25) is 0 Å². The number of rotatable bonds is 6. The molecule has 3 atom stereocenters. The van der Waals surface area contributed by atoms with Crippen molar-refractivity contribution in [3.8, 4) is 5.75 Å². The number of nitrogens with one attached hydrogen (secondary N) is 1. The minimum atomic E-state index is -0.0660. The molecule has 1 aromatic rings. The van der Waals surface area contributed by atoms with Gasteiger partial charge in [0.15, 0.2) is 0 Å². The quantitative estimate of drug-likeness (QED) is 0.828. The van der Waals surface area contributed by atoms with Gasteiger partial charge in [0.25, 0.3) is 0 Å². The summed E-state index contributed by atoms with van der Waals surface area (Å²) in [5, 5.41) is 13.1. The molecule has 1 saturated carbocycles. The molecule has 1 aliphatic rings. The van der Waals surface area contributed by atoms with E-state index in [-0.39, 0.29) is 6.10 Å². The van der Waals surface area contributed by atoms with Crippen LogP contribution < -0.4 is 10.1 Å². The van der Waals surface area contributed by atoms with Gasteiger partial charge in [0, 0.05) is 6.04 Å². The Morgan fingerprint density at radius 1 is 1.32 bits per heavy atom. The van der Waals surface area contributed by atoms with Gasteiger partial charge in [0.05, 0.1) is 13.2 Å². The van der Waals surface area contributed by atoms with E-state index >= 15 is 0 Å². The smallest absolute Gasteiger partial charge is 0.118 e. The third-order valence-electron chi connectivity index (χ3n) is 3.97. The molecular formula is C16H25NO2. The average molecular weight is 263 g/mol. The first kappa shape index (κ1) is 14.4. The minimum Gasteiger partial charge on any atom is -0.497 e. The van der Waals surface area contributed by atoms with E-state index < -0.39 is 0 Å². The van der Waals surface area contributed by atoms with Crippen molar-refractivity contribution in [1.82, 2.24) is 5.32 Å². The second kappa shape index (κ2) is 6.92. The van der Waals surface area contributed by atoms with Crippen LogP contribution in [0.3, 0.4) is 0 Å². The van der Waals surface area contributed by atoms with Crippen molar-refractivity contribution in [2.75, 3.05) is 13.7 Å². The summed E-state index contributed by atoms with van der Waals surface area (Å²) < 4.78 is 5.16. The van der Waals surface area contributed by atoms with Gasteiger partial charge in [0.1, 0.15) is 5.75 Å². The molecule has 0 bridgehead atoms. The average Bonchev–Trinajstić information content (AvgIpc) is 2.83. The summed E-state index contributed by atoms with van der Waals surface area (Å²) in [5.74, 6) is 1.55. The van der Waals surface area contributed by atoms with Gasteiger partial charge in [-0.3, -0.25) is 0 Å². The summed E-state index contributed by atoms with van der Waals surface area (Å²) in [5.41, 5.74) is 1.33. The van der Waals surface area contributed by atoms with Gasteiger partial charge in [0.2, 0.25) is 0 Å². The monoisotopic (exact) mass is 263 g/mol. The zero-order chi connectivity index (χ0) is 13.7. The minimum absolute atomic E-state index is 0.0660. The van der Waals surface area contributed by atoms with Crippen molar-refractivity contribution >= 4 is 0 Å². The van der Waals surface area contributed by atoms with Crippen LogP contribution in [0.15, 0.2) is 24.3 Å². The number of aliphatic hydroxyl groups excluding tert-OH is 1. The second-order valence-electron chi connectivity index (χ2n) is 5.69. The Balaban J connectivity index is 1.72. The molecule has 0 radical (unpaired) electrons. The molecule has 1 aliphatic carbocycles. The van der Waals surface area contributed by atoms with Gasteiger partial charge in [-0.2, -0.15) is 0 Å². The maximum absolute atomic E-state index is 9.51. The lowest BCUT2D eigenvalue weighted by atomic mass is 10.0. The van der Waals surface area contributed by atoms with E-state index in [0.717, 1.165) is 38.0 Å². The summed E-state index contributed by atoms with van der Waals surface area (Å²) in [6.07, 6.45) is 4.05. The van der Waals surface area contributed by atoms with Crippen LogP contribution in [0, 0.1) is 5.92 Å². The van der Waals surface area contributed by atoms with E-state index in [2.05, 4.69) is 24.4 Å². The van der Waals surface area contributed by atoms with Crippen LogP contribution in [0.4, 0.5) is 0 Å². The molecule has 1 fully saturated rings. The van der Waals surface area contributed by atoms with Crippen molar-refractivity contribution in [2.45, 2.75) is 44.8 Å². The lowest BCUT2D eigenvalue weighted by molar-refractivity contribution is 0.177. The van der Waals surface area contributed by atoms with E-state index in [1.54, 1.807) is 7.11 Å². The highest BCUT2D eigenvalue weighted by molar-refractivity contribution is 5.27. The van der Waals surface area contributed by atoms with Gasteiger partial charge >= 0.3 is 0 Å². The largest absolute Gasteiger partial charge is 0.497 e. The summed E-state index contributed by atoms with van der Waals surface area (Å²) in [6.45, 7) is 3.24.